The molecule has 1 fully saturated rings. The van der Waals surface area contributed by atoms with Gasteiger partial charge in [-0.3, -0.25) is 0 Å². The Morgan fingerprint density at radius 1 is 1.21 bits per heavy atom. The number of benzene rings is 1. The van der Waals surface area contributed by atoms with Gasteiger partial charge in [-0.25, -0.2) is 17.8 Å². The maximum atomic E-state index is 14.3. The van der Waals surface area contributed by atoms with Crippen LogP contribution in [0.1, 0.15) is 5.69 Å². The highest BCUT2D eigenvalue weighted by molar-refractivity contribution is 7.89. The lowest BCUT2D eigenvalue weighted by molar-refractivity contribution is 0.0729. The molecule has 28 heavy (non-hydrogen) atoms. The molecule has 1 aliphatic rings. The molecule has 3 heterocycles. The van der Waals surface area contributed by atoms with E-state index in [-0.39, 0.29) is 18.0 Å². The molecule has 0 spiro atoms. The third kappa shape index (κ3) is 4.11. The summed E-state index contributed by atoms with van der Waals surface area (Å²) in [6.07, 6.45) is 0. The van der Waals surface area contributed by atoms with Crippen LogP contribution in [0.25, 0.3) is 10.6 Å². The molecule has 0 radical (unpaired) electrons. The average molecular weight is 440 g/mol. The summed E-state index contributed by atoms with van der Waals surface area (Å²) in [5.41, 5.74) is 2.45. The monoisotopic (exact) mass is 439 g/mol. The van der Waals surface area contributed by atoms with E-state index < -0.39 is 15.8 Å². The summed E-state index contributed by atoms with van der Waals surface area (Å²) in [4.78, 5) is 4.26. The molecule has 148 valence electrons. The Morgan fingerprint density at radius 3 is 2.79 bits per heavy atom. The fourth-order valence-electron chi connectivity index (χ4n) is 2.84. The minimum Gasteiger partial charge on any atom is -0.379 e. The van der Waals surface area contributed by atoms with E-state index in [9.17, 15) is 12.8 Å². The summed E-state index contributed by atoms with van der Waals surface area (Å²) in [5, 5.41) is 10.1. The normalized spacial score (nSPS) is 15.6. The van der Waals surface area contributed by atoms with Crippen LogP contribution in [-0.4, -0.2) is 44.0 Å². The summed E-state index contributed by atoms with van der Waals surface area (Å²) >= 11 is 3.17. The zero-order chi connectivity index (χ0) is 19.6. The first-order valence-electron chi connectivity index (χ1n) is 8.62. The molecule has 0 unspecified atom stereocenters. The summed E-state index contributed by atoms with van der Waals surface area (Å²) in [7, 11) is -3.90. The van der Waals surface area contributed by atoms with E-state index in [2.05, 4.69) is 10.3 Å². The number of rotatable bonds is 6. The molecular weight excluding hydrogens is 421 g/mol. The van der Waals surface area contributed by atoms with Gasteiger partial charge in [0.2, 0.25) is 10.0 Å². The molecule has 0 atom stereocenters. The molecule has 1 aromatic carbocycles. The number of ether oxygens (including phenoxy) is 1. The third-order valence-electron chi connectivity index (χ3n) is 4.31. The smallest absolute Gasteiger partial charge is 0.246 e. The number of sulfonamides is 1. The van der Waals surface area contributed by atoms with Crippen molar-refractivity contribution >= 4 is 38.4 Å². The lowest BCUT2D eigenvalue weighted by Gasteiger charge is -2.26. The fourth-order valence-corrected chi connectivity index (χ4v) is 5.87. The molecule has 1 N–H and O–H groups in total. The summed E-state index contributed by atoms with van der Waals surface area (Å²) in [5.74, 6) is -0.759. The Morgan fingerprint density at radius 2 is 2.04 bits per heavy atom. The Hall–Kier alpha value is -1.85. The molecule has 0 saturated carbocycles. The Bertz CT molecular complexity index is 1050. The summed E-state index contributed by atoms with van der Waals surface area (Å²) < 4.78 is 46.2. The van der Waals surface area contributed by atoms with Crippen molar-refractivity contribution in [3.8, 4) is 10.6 Å². The van der Waals surface area contributed by atoms with E-state index >= 15 is 0 Å². The first-order valence-corrected chi connectivity index (χ1v) is 11.9. The highest BCUT2D eigenvalue weighted by atomic mass is 32.2. The SMILES string of the molecule is O=S(=O)(c1cc(NCc2csc(-c3ccsc3)n2)ccc1F)N1CCOCC1. The van der Waals surface area contributed by atoms with Gasteiger partial charge in [0, 0.05) is 35.1 Å². The van der Waals surface area contributed by atoms with E-state index in [1.54, 1.807) is 22.7 Å². The van der Waals surface area contributed by atoms with Crippen LogP contribution < -0.4 is 5.32 Å². The van der Waals surface area contributed by atoms with Crippen molar-refractivity contribution in [2.75, 3.05) is 31.6 Å². The van der Waals surface area contributed by atoms with Crippen molar-refractivity contribution in [2.45, 2.75) is 11.4 Å². The van der Waals surface area contributed by atoms with Crippen molar-refractivity contribution in [3.05, 3.63) is 51.9 Å². The van der Waals surface area contributed by atoms with Crippen molar-refractivity contribution in [2.24, 2.45) is 0 Å². The first-order chi connectivity index (χ1) is 13.5. The van der Waals surface area contributed by atoms with Gasteiger partial charge in [0.15, 0.2) is 0 Å². The number of nitrogens with zero attached hydrogens (tertiary/aromatic N) is 2. The number of morpholine rings is 1. The predicted octanol–water partition coefficient (Wildman–Crippen LogP) is 3.64. The standard InChI is InChI=1S/C18H18FN3O3S3/c19-16-2-1-14(9-17(16)28(23,24)22-4-6-25-7-5-22)20-10-15-12-27-18(21-15)13-3-8-26-11-13/h1-3,8-9,11-12,20H,4-7,10H2. The van der Waals surface area contributed by atoms with Crippen LogP contribution in [-0.2, 0) is 21.3 Å². The number of anilines is 1. The van der Waals surface area contributed by atoms with Crippen LogP contribution >= 0.6 is 22.7 Å². The highest BCUT2D eigenvalue weighted by Crippen LogP contribution is 2.27. The van der Waals surface area contributed by atoms with Gasteiger partial charge in [0.1, 0.15) is 15.7 Å². The number of thiazole rings is 1. The number of hydrogen-bond donors (Lipinski definition) is 1. The van der Waals surface area contributed by atoms with Gasteiger partial charge < -0.3 is 10.1 Å². The molecule has 4 rings (SSSR count). The van der Waals surface area contributed by atoms with Crippen LogP contribution in [0, 0.1) is 5.82 Å². The number of aromatic nitrogens is 1. The lowest BCUT2D eigenvalue weighted by atomic mass is 10.3. The maximum absolute atomic E-state index is 14.3. The molecule has 10 heteroatoms. The molecule has 2 aromatic heterocycles. The minimum atomic E-state index is -3.90. The van der Waals surface area contributed by atoms with Gasteiger partial charge in [-0.1, -0.05) is 0 Å². The van der Waals surface area contributed by atoms with E-state index in [4.69, 9.17) is 4.74 Å². The molecule has 0 amide bonds. The minimum absolute atomic E-state index is 0.226. The van der Waals surface area contributed by atoms with Crippen LogP contribution in [0.5, 0.6) is 0 Å². The zero-order valence-electron chi connectivity index (χ0n) is 14.8. The maximum Gasteiger partial charge on any atom is 0.246 e. The number of nitrogens with one attached hydrogen (secondary N) is 1. The van der Waals surface area contributed by atoms with Crippen LogP contribution in [0.15, 0.2) is 45.3 Å². The largest absolute Gasteiger partial charge is 0.379 e. The lowest BCUT2D eigenvalue weighted by Crippen LogP contribution is -2.40. The predicted molar refractivity (Wildman–Crippen MR) is 109 cm³/mol. The van der Waals surface area contributed by atoms with Gasteiger partial charge in [-0.2, -0.15) is 15.6 Å². The van der Waals surface area contributed by atoms with Crippen molar-refractivity contribution in [1.29, 1.82) is 0 Å². The Kier molecular flexibility index (Phi) is 5.74. The molecule has 0 aliphatic carbocycles. The van der Waals surface area contributed by atoms with E-state index in [1.807, 2.05) is 22.2 Å². The molecular formula is C18H18FN3O3S3. The van der Waals surface area contributed by atoms with Gasteiger partial charge in [0.05, 0.1) is 25.5 Å². The molecule has 6 nitrogen and oxygen atoms in total. The van der Waals surface area contributed by atoms with Crippen LogP contribution in [0.2, 0.25) is 0 Å². The topological polar surface area (TPSA) is 71.5 Å². The fraction of sp³-hybridized carbons (Fsp3) is 0.278. The van der Waals surface area contributed by atoms with Gasteiger partial charge in [-0.05, 0) is 29.6 Å². The van der Waals surface area contributed by atoms with Crippen LogP contribution in [0.4, 0.5) is 10.1 Å². The van der Waals surface area contributed by atoms with E-state index in [0.717, 1.165) is 16.3 Å². The van der Waals surface area contributed by atoms with Crippen LogP contribution in [0.3, 0.4) is 0 Å². The Balaban J connectivity index is 1.49. The Labute approximate surface area is 170 Å². The second-order valence-electron chi connectivity index (χ2n) is 6.17. The molecule has 1 aliphatic heterocycles. The third-order valence-corrected chi connectivity index (χ3v) is 7.85. The first kappa shape index (κ1) is 19.5. The molecule has 0 bridgehead atoms. The number of halogens is 1. The number of hydrogen-bond acceptors (Lipinski definition) is 7. The van der Waals surface area contributed by atoms with Crippen molar-refractivity contribution in [1.82, 2.24) is 9.29 Å². The average Bonchev–Trinajstić information content (AvgIpc) is 3.39. The highest BCUT2D eigenvalue weighted by Gasteiger charge is 2.29. The van der Waals surface area contributed by atoms with Gasteiger partial charge in [-0.15, -0.1) is 11.3 Å². The quantitative estimate of drug-likeness (QED) is 0.635. The summed E-state index contributed by atoms with van der Waals surface area (Å²) in [6.45, 7) is 1.50. The molecule has 3 aromatic rings. The van der Waals surface area contributed by atoms with Gasteiger partial charge >= 0.3 is 0 Å². The summed E-state index contributed by atoms with van der Waals surface area (Å²) in [6, 6.07) is 6.06. The van der Waals surface area contributed by atoms with Gasteiger partial charge in [0.25, 0.3) is 0 Å². The van der Waals surface area contributed by atoms with E-state index in [1.165, 1.54) is 22.5 Å². The zero-order valence-corrected chi connectivity index (χ0v) is 17.2. The second-order valence-corrected chi connectivity index (χ2v) is 9.72. The second kappa shape index (κ2) is 8.26. The number of thiophene rings is 1. The van der Waals surface area contributed by atoms with Crippen molar-refractivity contribution < 1.29 is 17.5 Å². The van der Waals surface area contributed by atoms with Crippen molar-refractivity contribution in [3.63, 3.8) is 0 Å². The van der Waals surface area contributed by atoms with E-state index in [0.29, 0.717) is 25.4 Å². The molecule has 1 saturated heterocycles.